The SMILES string of the molecule is CN=C(NCc1nc2ccccc2n1C)NCC(C)COCc1ccccc1. The predicted octanol–water partition coefficient (Wildman–Crippen LogP) is 3.09. The monoisotopic (exact) mass is 379 g/mol. The third kappa shape index (κ3) is 5.33. The molecule has 0 aliphatic rings. The van der Waals surface area contributed by atoms with E-state index in [4.69, 9.17) is 4.74 Å². The van der Waals surface area contributed by atoms with Crippen molar-refractivity contribution in [3.05, 3.63) is 66.0 Å². The topological polar surface area (TPSA) is 63.5 Å². The maximum Gasteiger partial charge on any atom is 0.191 e. The number of benzene rings is 2. The van der Waals surface area contributed by atoms with Crippen LogP contribution in [0.25, 0.3) is 11.0 Å². The summed E-state index contributed by atoms with van der Waals surface area (Å²) in [4.78, 5) is 8.98. The minimum atomic E-state index is 0.373. The quantitative estimate of drug-likeness (QED) is 0.466. The molecule has 0 saturated heterocycles. The van der Waals surface area contributed by atoms with Crippen molar-refractivity contribution in [1.29, 1.82) is 0 Å². The molecule has 1 heterocycles. The normalized spacial score (nSPS) is 12.9. The number of ether oxygens (including phenoxy) is 1. The molecule has 1 aromatic heterocycles. The van der Waals surface area contributed by atoms with Crippen molar-refractivity contribution in [2.45, 2.75) is 20.1 Å². The van der Waals surface area contributed by atoms with Gasteiger partial charge in [0, 0.05) is 20.6 Å². The van der Waals surface area contributed by atoms with E-state index in [0.29, 0.717) is 25.7 Å². The lowest BCUT2D eigenvalue weighted by molar-refractivity contribution is 0.0931. The summed E-state index contributed by atoms with van der Waals surface area (Å²) >= 11 is 0. The van der Waals surface area contributed by atoms with Gasteiger partial charge in [-0.3, -0.25) is 4.99 Å². The van der Waals surface area contributed by atoms with Crippen LogP contribution in [0.4, 0.5) is 0 Å². The number of hydrogen-bond acceptors (Lipinski definition) is 3. The summed E-state index contributed by atoms with van der Waals surface area (Å²) in [7, 11) is 3.81. The zero-order chi connectivity index (χ0) is 19.8. The minimum absolute atomic E-state index is 0.373. The number of aryl methyl sites for hydroxylation is 1. The van der Waals surface area contributed by atoms with Gasteiger partial charge >= 0.3 is 0 Å². The molecule has 0 amide bonds. The lowest BCUT2D eigenvalue weighted by Gasteiger charge is -2.16. The van der Waals surface area contributed by atoms with Crippen LogP contribution >= 0.6 is 0 Å². The van der Waals surface area contributed by atoms with Gasteiger partial charge in [-0.2, -0.15) is 0 Å². The van der Waals surface area contributed by atoms with Crippen LogP contribution in [0, 0.1) is 5.92 Å². The number of hydrogen-bond donors (Lipinski definition) is 2. The van der Waals surface area contributed by atoms with Crippen LogP contribution in [-0.4, -0.2) is 35.7 Å². The highest BCUT2D eigenvalue weighted by Crippen LogP contribution is 2.13. The second-order valence-electron chi connectivity index (χ2n) is 6.99. The Kier molecular flexibility index (Phi) is 7.03. The molecular weight excluding hydrogens is 350 g/mol. The Bertz CT molecular complexity index is 904. The Balaban J connectivity index is 1.42. The number of para-hydroxylation sites is 2. The van der Waals surface area contributed by atoms with Crippen LogP contribution in [0.5, 0.6) is 0 Å². The van der Waals surface area contributed by atoms with Crippen LogP contribution in [0.3, 0.4) is 0 Å². The number of aromatic nitrogens is 2. The van der Waals surface area contributed by atoms with E-state index in [-0.39, 0.29) is 0 Å². The molecule has 0 fully saturated rings. The van der Waals surface area contributed by atoms with Crippen LogP contribution in [0.2, 0.25) is 0 Å². The molecule has 0 saturated carbocycles. The van der Waals surface area contributed by atoms with Crippen molar-refractivity contribution in [2.24, 2.45) is 18.0 Å². The maximum absolute atomic E-state index is 5.81. The molecule has 148 valence electrons. The average Bonchev–Trinajstić information content (AvgIpc) is 3.05. The first-order valence-electron chi connectivity index (χ1n) is 9.64. The van der Waals surface area contributed by atoms with Crippen molar-refractivity contribution < 1.29 is 4.74 Å². The van der Waals surface area contributed by atoms with Gasteiger partial charge in [-0.05, 0) is 23.6 Å². The highest BCUT2D eigenvalue weighted by atomic mass is 16.5. The summed E-state index contributed by atoms with van der Waals surface area (Å²) in [5.41, 5.74) is 3.34. The molecule has 0 spiro atoms. The van der Waals surface area contributed by atoms with Gasteiger partial charge in [-0.15, -0.1) is 0 Å². The lowest BCUT2D eigenvalue weighted by Crippen LogP contribution is -2.40. The van der Waals surface area contributed by atoms with Gasteiger partial charge in [-0.25, -0.2) is 4.98 Å². The molecule has 3 rings (SSSR count). The number of rotatable bonds is 8. The summed E-state index contributed by atoms with van der Waals surface area (Å²) < 4.78 is 7.92. The summed E-state index contributed by atoms with van der Waals surface area (Å²) in [6.45, 7) is 4.91. The van der Waals surface area contributed by atoms with E-state index in [0.717, 1.165) is 29.4 Å². The average molecular weight is 380 g/mol. The molecule has 28 heavy (non-hydrogen) atoms. The highest BCUT2D eigenvalue weighted by molar-refractivity contribution is 5.80. The molecule has 0 bridgehead atoms. The van der Waals surface area contributed by atoms with Gasteiger partial charge < -0.3 is 19.9 Å². The summed E-state index contributed by atoms with van der Waals surface area (Å²) in [5.74, 6) is 2.11. The second kappa shape index (κ2) is 9.90. The molecule has 1 atom stereocenters. The fourth-order valence-electron chi connectivity index (χ4n) is 3.02. The van der Waals surface area contributed by atoms with Gasteiger partial charge in [0.05, 0.1) is 30.8 Å². The number of imidazole rings is 1. The number of nitrogens with zero attached hydrogens (tertiary/aromatic N) is 3. The number of fused-ring (bicyclic) bond motifs is 1. The Morgan fingerprint density at radius 1 is 1.11 bits per heavy atom. The Morgan fingerprint density at radius 2 is 1.86 bits per heavy atom. The Hall–Kier alpha value is -2.86. The molecule has 0 aliphatic heterocycles. The van der Waals surface area contributed by atoms with Crippen molar-refractivity contribution in [2.75, 3.05) is 20.2 Å². The molecule has 0 aliphatic carbocycles. The standard InChI is InChI=1S/C22H29N5O/c1-17(15-28-16-18-9-5-4-6-10-18)13-24-22(23-2)25-14-21-26-19-11-7-8-12-20(19)27(21)3/h4-12,17H,13-16H2,1-3H3,(H2,23,24,25). The van der Waals surface area contributed by atoms with Gasteiger partial charge in [0.15, 0.2) is 5.96 Å². The first-order chi connectivity index (χ1) is 13.7. The van der Waals surface area contributed by atoms with Gasteiger partial charge in [-0.1, -0.05) is 49.4 Å². The maximum atomic E-state index is 5.81. The molecular formula is C22H29N5O. The van der Waals surface area contributed by atoms with Crippen molar-refractivity contribution >= 4 is 17.0 Å². The van der Waals surface area contributed by atoms with E-state index in [1.54, 1.807) is 7.05 Å². The van der Waals surface area contributed by atoms with Crippen LogP contribution in [-0.2, 0) is 24.9 Å². The van der Waals surface area contributed by atoms with Crippen LogP contribution in [0.1, 0.15) is 18.3 Å². The van der Waals surface area contributed by atoms with E-state index >= 15 is 0 Å². The first kappa shape index (κ1) is 19.9. The molecule has 3 aromatic rings. The van der Waals surface area contributed by atoms with Gasteiger partial charge in [0.1, 0.15) is 5.82 Å². The van der Waals surface area contributed by atoms with E-state index in [9.17, 15) is 0 Å². The fourth-order valence-corrected chi connectivity index (χ4v) is 3.02. The smallest absolute Gasteiger partial charge is 0.191 e. The molecule has 2 aromatic carbocycles. The second-order valence-corrected chi connectivity index (χ2v) is 6.99. The zero-order valence-corrected chi connectivity index (χ0v) is 16.9. The predicted molar refractivity (Wildman–Crippen MR) is 114 cm³/mol. The van der Waals surface area contributed by atoms with E-state index in [2.05, 4.69) is 50.3 Å². The molecule has 1 unspecified atom stereocenters. The largest absolute Gasteiger partial charge is 0.376 e. The molecule has 6 nitrogen and oxygen atoms in total. The minimum Gasteiger partial charge on any atom is -0.376 e. The number of aliphatic imine (C=N–C) groups is 1. The number of nitrogens with one attached hydrogen (secondary N) is 2. The van der Waals surface area contributed by atoms with Crippen molar-refractivity contribution in [3.63, 3.8) is 0 Å². The molecule has 6 heteroatoms. The Labute approximate surface area is 166 Å². The van der Waals surface area contributed by atoms with E-state index in [1.807, 2.05) is 43.4 Å². The zero-order valence-electron chi connectivity index (χ0n) is 16.9. The summed E-state index contributed by atoms with van der Waals surface area (Å²) in [6.07, 6.45) is 0. The van der Waals surface area contributed by atoms with Gasteiger partial charge in [0.2, 0.25) is 0 Å². The van der Waals surface area contributed by atoms with Crippen molar-refractivity contribution in [3.8, 4) is 0 Å². The fraction of sp³-hybridized carbons (Fsp3) is 0.364. The highest BCUT2D eigenvalue weighted by Gasteiger charge is 2.09. The van der Waals surface area contributed by atoms with Crippen molar-refractivity contribution in [1.82, 2.24) is 20.2 Å². The number of guanidine groups is 1. The summed E-state index contributed by atoms with van der Waals surface area (Å²) in [6, 6.07) is 18.4. The van der Waals surface area contributed by atoms with Crippen LogP contribution < -0.4 is 10.6 Å². The Morgan fingerprint density at radius 3 is 2.61 bits per heavy atom. The third-order valence-electron chi connectivity index (χ3n) is 4.65. The third-order valence-corrected chi connectivity index (χ3v) is 4.65. The molecule has 2 N–H and O–H groups in total. The molecule has 0 radical (unpaired) electrons. The first-order valence-corrected chi connectivity index (χ1v) is 9.64. The van der Waals surface area contributed by atoms with Gasteiger partial charge in [0.25, 0.3) is 0 Å². The van der Waals surface area contributed by atoms with E-state index in [1.165, 1.54) is 5.56 Å². The lowest BCUT2D eigenvalue weighted by atomic mass is 10.2. The van der Waals surface area contributed by atoms with E-state index < -0.39 is 0 Å². The van der Waals surface area contributed by atoms with Crippen LogP contribution in [0.15, 0.2) is 59.6 Å². The summed E-state index contributed by atoms with van der Waals surface area (Å²) in [5, 5.41) is 6.70.